The quantitative estimate of drug-likeness (QED) is 0.611. The average Bonchev–Trinajstić information content (AvgIpc) is 1.82. The van der Waals surface area contributed by atoms with Crippen molar-refractivity contribution in [1.82, 2.24) is 5.32 Å². The van der Waals surface area contributed by atoms with Crippen LogP contribution in [0.3, 0.4) is 0 Å². The Kier molecular flexibility index (Phi) is 4.20. The van der Waals surface area contributed by atoms with Crippen molar-refractivity contribution in [2.24, 2.45) is 11.8 Å². The van der Waals surface area contributed by atoms with Crippen LogP contribution < -0.4 is 5.32 Å². The van der Waals surface area contributed by atoms with Gasteiger partial charge in [0.2, 0.25) is 0 Å². The van der Waals surface area contributed by atoms with E-state index in [1.165, 1.54) is 0 Å². The van der Waals surface area contributed by atoms with Gasteiger partial charge in [-0.25, -0.2) is 0 Å². The van der Waals surface area contributed by atoms with Crippen LogP contribution in [0.1, 0.15) is 20.8 Å². The summed E-state index contributed by atoms with van der Waals surface area (Å²) in [4.78, 5) is 0. The first-order valence-corrected chi connectivity index (χ1v) is 3.52. The van der Waals surface area contributed by atoms with Gasteiger partial charge in [0.15, 0.2) is 0 Å². The Bertz CT molecular complexity index is 84.6. The van der Waals surface area contributed by atoms with Gasteiger partial charge in [-0.3, -0.25) is 0 Å². The molecule has 9 heavy (non-hydrogen) atoms. The fourth-order valence-electron chi connectivity index (χ4n) is 0.470. The molecule has 0 fully saturated rings. The van der Waals surface area contributed by atoms with Gasteiger partial charge in [-0.05, 0) is 18.0 Å². The Labute approximate surface area is 58.2 Å². The van der Waals surface area contributed by atoms with E-state index in [4.69, 9.17) is 0 Å². The first-order chi connectivity index (χ1) is 4.18. The van der Waals surface area contributed by atoms with Crippen LogP contribution in [0, 0.1) is 11.8 Å². The third-order valence-corrected chi connectivity index (χ3v) is 1.62. The molecule has 1 atom stereocenters. The average molecular weight is 127 g/mol. The van der Waals surface area contributed by atoms with Crippen molar-refractivity contribution in [1.29, 1.82) is 0 Å². The summed E-state index contributed by atoms with van der Waals surface area (Å²) in [5.41, 5.74) is 0. The number of hydrogen-bond donors (Lipinski definition) is 1. The maximum absolute atomic E-state index is 2.97. The highest BCUT2D eigenvalue weighted by molar-refractivity contribution is 4.84. The van der Waals surface area contributed by atoms with Gasteiger partial charge in [-0.15, -0.1) is 0 Å². The third-order valence-electron chi connectivity index (χ3n) is 1.62. The fraction of sp³-hybridized carbons (Fsp3) is 0.750. The standard InChI is InChI=1S/C8H17N/c1-7(2)8(3)5-6-9-4/h5-9H,1-4H3/b6-5+/t8-/m1/s1. The van der Waals surface area contributed by atoms with Crippen LogP contribution >= 0.6 is 0 Å². The molecule has 1 heteroatoms. The van der Waals surface area contributed by atoms with Gasteiger partial charge in [0.25, 0.3) is 0 Å². The summed E-state index contributed by atoms with van der Waals surface area (Å²) in [6.45, 7) is 6.67. The molecule has 0 aromatic rings. The highest BCUT2D eigenvalue weighted by Gasteiger charge is 2.00. The molecule has 0 bridgehead atoms. The van der Waals surface area contributed by atoms with E-state index in [0.717, 1.165) is 5.92 Å². The lowest BCUT2D eigenvalue weighted by molar-refractivity contribution is 0.503. The number of allylic oxidation sites excluding steroid dienone is 1. The number of rotatable bonds is 3. The van der Waals surface area contributed by atoms with Crippen molar-refractivity contribution in [3.63, 3.8) is 0 Å². The Morgan fingerprint density at radius 2 is 1.78 bits per heavy atom. The molecular formula is C8H17N. The molecule has 0 heterocycles. The minimum atomic E-state index is 0.678. The molecule has 54 valence electrons. The molecule has 0 spiro atoms. The Morgan fingerprint density at radius 1 is 1.22 bits per heavy atom. The van der Waals surface area contributed by atoms with Gasteiger partial charge in [0.05, 0.1) is 0 Å². The topological polar surface area (TPSA) is 12.0 Å². The zero-order valence-corrected chi connectivity index (χ0v) is 6.81. The first-order valence-electron chi connectivity index (χ1n) is 3.52. The van der Waals surface area contributed by atoms with E-state index in [2.05, 4.69) is 32.2 Å². The summed E-state index contributed by atoms with van der Waals surface area (Å²) in [6.07, 6.45) is 4.18. The normalized spacial score (nSPS) is 14.8. The number of hydrogen-bond acceptors (Lipinski definition) is 1. The van der Waals surface area contributed by atoms with Crippen LogP contribution in [-0.4, -0.2) is 7.05 Å². The molecule has 0 saturated carbocycles. The minimum absolute atomic E-state index is 0.678. The van der Waals surface area contributed by atoms with E-state index >= 15 is 0 Å². The second-order valence-electron chi connectivity index (χ2n) is 2.75. The van der Waals surface area contributed by atoms with E-state index < -0.39 is 0 Å². The molecule has 0 unspecified atom stereocenters. The lowest BCUT2D eigenvalue weighted by atomic mass is 9.98. The van der Waals surface area contributed by atoms with Gasteiger partial charge in [0, 0.05) is 7.05 Å². The molecule has 0 saturated heterocycles. The molecule has 0 aliphatic rings. The Morgan fingerprint density at radius 3 is 2.11 bits per heavy atom. The highest BCUT2D eigenvalue weighted by atomic mass is 14.8. The van der Waals surface area contributed by atoms with Gasteiger partial charge >= 0.3 is 0 Å². The molecule has 0 aliphatic carbocycles. The molecule has 0 rings (SSSR count). The van der Waals surface area contributed by atoms with Crippen LogP contribution in [0.4, 0.5) is 0 Å². The minimum Gasteiger partial charge on any atom is -0.394 e. The summed E-state index contributed by atoms with van der Waals surface area (Å²) in [5, 5.41) is 2.97. The molecule has 0 amide bonds. The predicted molar refractivity (Wildman–Crippen MR) is 42.2 cm³/mol. The van der Waals surface area contributed by atoms with Crippen LogP contribution in [0.2, 0.25) is 0 Å². The van der Waals surface area contributed by atoms with E-state index in [1.54, 1.807) is 0 Å². The van der Waals surface area contributed by atoms with Crippen LogP contribution in [0.5, 0.6) is 0 Å². The molecule has 0 radical (unpaired) electrons. The lowest BCUT2D eigenvalue weighted by Crippen LogP contribution is -2.01. The van der Waals surface area contributed by atoms with E-state index in [1.807, 2.05) is 13.2 Å². The summed E-state index contributed by atoms with van der Waals surface area (Å²) in [5.74, 6) is 1.42. The molecule has 0 aromatic heterocycles. The van der Waals surface area contributed by atoms with Crippen molar-refractivity contribution in [2.75, 3.05) is 7.05 Å². The van der Waals surface area contributed by atoms with Crippen LogP contribution in [-0.2, 0) is 0 Å². The van der Waals surface area contributed by atoms with Gasteiger partial charge < -0.3 is 5.32 Å². The van der Waals surface area contributed by atoms with Gasteiger partial charge in [-0.2, -0.15) is 0 Å². The molecular weight excluding hydrogens is 110 g/mol. The summed E-state index contributed by atoms with van der Waals surface area (Å²) < 4.78 is 0. The van der Waals surface area contributed by atoms with Crippen molar-refractivity contribution >= 4 is 0 Å². The van der Waals surface area contributed by atoms with Crippen molar-refractivity contribution < 1.29 is 0 Å². The monoisotopic (exact) mass is 127 g/mol. The smallest absolute Gasteiger partial charge is 0.00276 e. The van der Waals surface area contributed by atoms with Crippen molar-refractivity contribution in [2.45, 2.75) is 20.8 Å². The molecule has 0 aromatic carbocycles. The Balaban J connectivity index is 3.48. The van der Waals surface area contributed by atoms with Crippen LogP contribution in [0.25, 0.3) is 0 Å². The van der Waals surface area contributed by atoms with Crippen molar-refractivity contribution in [3.8, 4) is 0 Å². The lowest BCUT2D eigenvalue weighted by Gasteiger charge is -2.08. The maximum atomic E-state index is 2.97. The SMILES string of the molecule is CN/C=C/[C@@H](C)C(C)C. The second kappa shape index (κ2) is 4.42. The van der Waals surface area contributed by atoms with E-state index in [-0.39, 0.29) is 0 Å². The van der Waals surface area contributed by atoms with Crippen LogP contribution in [0.15, 0.2) is 12.3 Å². The molecule has 1 N–H and O–H groups in total. The fourth-order valence-corrected chi connectivity index (χ4v) is 0.470. The Hall–Kier alpha value is -0.460. The van der Waals surface area contributed by atoms with Gasteiger partial charge in [-0.1, -0.05) is 26.8 Å². The molecule has 0 aliphatic heterocycles. The molecule has 1 nitrogen and oxygen atoms in total. The second-order valence-corrected chi connectivity index (χ2v) is 2.75. The number of nitrogens with one attached hydrogen (secondary N) is 1. The van der Waals surface area contributed by atoms with Crippen molar-refractivity contribution in [3.05, 3.63) is 12.3 Å². The summed E-state index contributed by atoms with van der Waals surface area (Å²) in [7, 11) is 1.92. The predicted octanol–water partition coefficient (Wildman–Crippen LogP) is 2.01. The highest BCUT2D eigenvalue weighted by Crippen LogP contribution is 2.09. The zero-order chi connectivity index (χ0) is 7.28. The zero-order valence-electron chi connectivity index (χ0n) is 6.81. The van der Waals surface area contributed by atoms with Gasteiger partial charge in [0.1, 0.15) is 0 Å². The summed E-state index contributed by atoms with van der Waals surface area (Å²) in [6, 6.07) is 0. The third kappa shape index (κ3) is 4.07. The largest absolute Gasteiger partial charge is 0.394 e. The van der Waals surface area contributed by atoms with E-state index in [9.17, 15) is 0 Å². The summed E-state index contributed by atoms with van der Waals surface area (Å²) >= 11 is 0. The van der Waals surface area contributed by atoms with E-state index in [0.29, 0.717) is 5.92 Å². The maximum Gasteiger partial charge on any atom is 0.00276 e. The first kappa shape index (κ1) is 8.54.